The van der Waals surface area contributed by atoms with E-state index >= 15 is 0 Å². The third-order valence-corrected chi connectivity index (χ3v) is 7.13. The van der Waals surface area contributed by atoms with E-state index in [-0.39, 0.29) is 12.2 Å². The third kappa shape index (κ3) is 6.94. The summed E-state index contributed by atoms with van der Waals surface area (Å²) >= 11 is 0. The second-order valence-electron chi connectivity index (χ2n) is 8.71. The van der Waals surface area contributed by atoms with Crippen LogP contribution in [-0.2, 0) is 14.8 Å². The van der Waals surface area contributed by atoms with Crippen LogP contribution in [0.2, 0.25) is 0 Å². The van der Waals surface area contributed by atoms with Crippen LogP contribution in [-0.4, -0.2) is 51.6 Å². The van der Waals surface area contributed by atoms with Gasteiger partial charge in [-0.05, 0) is 71.7 Å². The predicted octanol–water partition coefficient (Wildman–Crippen LogP) is 3.60. The van der Waals surface area contributed by atoms with Gasteiger partial charge in [0.15, 0.2) is 0 Å². The zero-order valence-electron chi connectivity index (χ0n) is 18.0. The number of rotatable bonds is 9. The van der Waals surface area contributed by atoms with Crippen LogP contribution in [0.15, 0.2) is 24.3 Å². The summed E-state index contributed by atoms with van der Waals surface area (Å²) in [6, 6.07) is 8.57. The Hall–Kier alpha value is -1.31. The molecular formula is C21H37N3O3S. The third-order valence-electron chi connectivity index (χ3n) is 4.93. The van der Waals surface area contributed by atoms with Gasteiger partial charge in [-0.15, -0.1) is 0 Å². The molecule has 2 rings (SSSR count). The first kappa shape index (κ1) is 23.0. The van der Waals surface area contributed by atoms with Gasteiger partial charge in [-0.3, -0.25) is 0 Å². The fourth-order valence-corrected chi connectivity index (χ4v) is 4.11. The number of sulfonamides is 1. The smallest absolute Gasteiger partial charge is 0.216 e. The lowest BCUT2D eigenvalue weighted by molar-refractivity contribution is -0.00521. The quantitative estimate of drug-likeness (QED) is 0.608. The van der Waals surface area contributed by atoms with Crippen LogP contribution in [0.1, 0.15) is 53.9 Å². The van der Waals surface area contributed by atoms with E-state index in [1.165, 1.54) is 5.69 Å². The molecule has 0 bridgehead atoms. The summed E-state index contributed by atoms with van der Waals surface area (Å²) in [6.45, 7) is 12.6. The highest BCUT2D eigenvalue weighted by Gasteiger charge is 2.28. The lowest BCUT2D eigenvalue weighted by atomic mass is 10.2. The van der Waals surface area contributed by atoms with E-state index in [9.17, 15) is 8.42 Å². The molecule has 0 aromatic heterocycles. The van der Waals surface area contributed by atoms with Gasteiger partial charge in [0.1, 0.15) is 0 Å². The van der Waals surface area contributed by atoms with E-state index in [1.807, 2.05) is 0 Å². The number of anilines is 2. The fourth-order valence-electron chi connectivity index (χ4n) is 3.26. The van der Waals surface area contributed by atoms with E-state index < -0.39 is 14.8 Å². The highest BCUT2D eigenvalue weighted by atomic mass is 32.2. The van der Waals surface area contributed by atoms with Crippen molar-refractivity contribution in [1.29, 1.82) is 0 Å². The fraction of sp³-hybridized carbons (Fsp3) is 0.714. The molecule has 1 aromatic carbocycles. The minimum absolute atomic E-state index is 0.259. The molecule has 1 heterocycles. The molecule has 6 nitrogen and oxygen atoms in total. The Morgan fingerprint density at radius 2 is 1.57 bits per heavy atom. The SMILES string of the molecule is C[C@@H]1CN(c2ccc(NCCCCCNS(=O)(=O)C(C)(C)C)cc2)C[C@H](C)O1. The predicted molar refractivity (Wildman–Crippen MR) is 118 cm³/mol. The molecule has 1 aliphatic heterocycles. The normalized spacial score (nSPS) is 21.0. The highest BCUT2D eigenvalue weighted by Crippen LogP contribution is 2.22. The van der Waals surface area contributed by atoms with Crippen LogP contribution in [0.4, 0.5) is 11.4 Å². The maximum atomic E-state index is 12.0. The van der Waals surface area contributed by atoms with Gasteiger partial charge < -0.3 is 15.0 Å². The molecule has 7 heteroatoms. The second-order valence-corrected chi connectivity index (χ2v) is 11.2. The molecular weight excluding hydrogens is 374 g/mol. The lowest BCUT2D eigenvalue weighted by Crippen LogP contribution is -2.45. The Bertz CT molecular complexity index is 689. The summed E-state index contributed by atoms with van der Waals surface area (Å²) in [5.41, 5.74) is 2.35. The first-order valence-electron chi connectivity index (χ1n) is 10.3. The maximum Gasteiger partial charge on any atom is 0.216 e. The zero-order valence-corrected chi connectivity index (χ0v) is 18.8. The van der Waals surface area contributed by atoms with Crippen LogP contribution in [0.25, 0.3) is 0 Å². The van der Waals surface area contributed by atoms with Crippen molar-refractivity contribution in [3.8, 4) is 0 Å². The summed E-state index contributed by atoms with van der Waals surface area (Å²) in [5, 5.41) is 3.44. The van der Waals surface area contributed by atoms with E-state index in [0.717, 1.165) is 44.6 Å². The molecule has 0 unspecified atom stereocenters. The summed E-state index contributed by atoms with van der Waals surface area (Å²) < 4.78 is 31.7. The molecule has 0 amide bonds. The Labute approximate surface area is 171 Å². The molecule has 2 N–H and O–H groups in total. The van der Waals surface area contributed by atoms with Crippen LogP contribution >= 0.6 is 0 Å². The monoisotopic (exact) mass is 411 g/mol. The molecule has 2 atom stereocenters. The summed E-state index contributed by atoms with van der Waals surface area (Å²) in [4.78, 5) is 2.38. The average molecular weight is 412 g/mol. The zero-order chi connectivity index (χ0) is 20.8. The Balaban J connectivity index is 1.65. The van der Waals surface area contributed by atoms with E-state index in [0.29, 0.717) is 6.54 Å². The van der Waals surface area contributed by atoms with Gasteiger partial charge in [-0.25, -0.2) is 13.1 Å². The second kappa shape index (κ2) is 9.94. The minimum Gasteiger partial charge on any atom is -0.385 e. The van der Waals surface area contributed by atoms with E-state index in [1.54, 1.807) is 20.8 Å². The van der Waals surface area contributed by atoms with Gasteiger partial charge in [0.05, 0.1) is 17.0 Å². The van der Waals surface area contributed by atoms with Crippen molar-refractivity contribution < 1.29 is 13.2 Å². The summed E-state index contributed by atoms with van der Waals surface area (Å²) in [6.07, 6.45) is 3.37. The number of nitrogens with zero attached hydrogens (tertiary/aromatic N) is 1. The molecule has 1 aliphatic rings. The molecule has 160 valence electrons. The molecule has 1 aromatic rings. The van der Waals surface area contributed by atoms with Gasteiger partial charge in [0.2, 0.25) is 10.0 Å². The van der Waals surface area contributed by atoms with Crippen molar-refractivity contribution in [1.82, 2.24) is 4.72 Å². The molecule has 0 aliphatic carbocycles. The number of unbranched alkanes of at least 4 members (excludes halogenated alkanes) is 2. The van der Waals surface area contributed by atoms with E-state index in [2.05, 4.69) is 53.1 Å². The molecule has 1 fully saturated rings. The molecule has 28 heavy (non-hydrogen) atoms. The first-order chi connectivity index (χ1) is 13.1. The Morgan fingerprint density at radius 3 is 2.14 bits per heavy atom. The number of hydrogen-bond donors (Lipinski definition) is 2. The molecule has 0 radical (unpaired) electrons. The molecule has 1 saturated heterocycles. The lowest BCUT2D eigenvalue weighted by Gasteiger charge is -2.36. The number of hydrogen-bond acceptors (Lipinski definition) is 5. The van der Waals surface area contributed by atoms with Gasteiger partial charge >= 0.3 is 0 Å². The average Bonchev–Trinajstić information content (AvgIpc) is 2.59. The standard InChI is InChI=1S/C21H37N3O3S/c1-17-15-24(16-18(2)27-17)20-11-9-19(10-12-20)22-13-7-6-8-14-23-28(25,26)21(3,4)5/h9-12,17-18,22-23H,6-8,13-16H2,1-5H3/t17-,18+. The highest BCUT2D eigenvalue weighted by molar-refractivity contribution is 7.90. The van der Waals surface area contributed by atoms with Crippen molar-refractivity contribution >= 4 is 21.4 Å². The summed E-state index contributed by atoms with van der Waals surface area (Å²) in [5.74, 6) is 0. The van der Waals surface area contributed by atoms with Crippen molar-refractivity contribution in [3.63, 3.8) is 0 Å². The van der Waals surface area contributed by atoms with Crippen LogP contribution in [0.5, 0.6) is 0 Å². The Morgan fingerprint density at radius 1 is 1.00 bits per heavy atom. The maximum absolute atomic E-state index is 12.0. The number of ether oxygens (including phenoxy) is 1. The molecule has 0 spiro atoms. The van der Waals surface area contributed by atoms with Gasteiger partial charge in [-0.1, -0.05) is 6.42 Å². The van der Waals surface area contributed by atoms with Crippen LogP contribution in [0.3, 0.4) is 0 Å². The molecule has 0 saturated carbocycles. The topological polar surface area (TPSA) is 70.7 Å². The van der Waals surface area contributed by atoms with Crippen LogP contribution < -0.4 is 14.9 Å². The first-order valence-corrected chi connectivity index (χ1v) is 11.8. The van der Waals surface area contributed by atoms with Crippen molar-refractivity contribution in [2.24, 2.45) is 0 Å². The number of nitrogens with one attached hydrogen (secondary N) is 2. The van der Waals surface area contributed by atoms with Gasteiger partial charge in [0.25, 0.3) is 0 Å². The van der Waals surface area contributed by atoms with Crippen molar-refractivity contribution in [2.45, 2.75) is 70.8 Å². The van der Waals surface area contributed by atoms with Crippen LogP contribution in [0, 0.1) is 0 Å². The minimum atomic E-state index is -3.23. The van der Waals surface area contributed by atoms with Crippen molar-refractivity contribution in [2.75, 3.05) is 36.4 Å². The number of benzene rings is 1. The summed E-state index contributed by atoms with van der Waals surface area (Å²) in [7, 11) is -3.23. The Kier molecular flexibility index (Phi) is 8.16. The number of morpholine rings is 1. The van der Waals surface area contributed by atoms with E-state index in [4.69, 9.17) is 4.74 Å². The van der Waals surface area contributed by atoms with Gasteiger partial charge in [0, 0.05) is 37.6 Å². The van der Waals surface area contributed by atoms with Crippen molar-refractivity contribution in [3.05, 3.63) is 24.3 Å². The largest absolute Gasteiger partial charge is 0.385 e. The van der Waals surface area contributed by atoms with Gasteiger partial charge in [-0.2, -0.15) is 0 Å².